The van der Waals surface area contributed by atoms with Crippen LogP contribution >= 0.6 is 31.9 Å². The van der Waals surface area contributed by atoms with E-state index in [2.05, 4.69) is 36.6 Å². The quantitative estimate of drug-likeness (QED) is 0.915. The molecule has 3 nitrogen and oxygen atoms in total. The van der Waals surface area contributed by atoms with Crippen molar-refractivity contribution in [1.29, 1.82) is 0 Å². The van der Waals surface area contributed by atoms with Crippen LogP contribution in [0.4, 0.5) is 0 Å². The number of hydrogen-bond acceptors (Lipinski definition) is 2. The molecule has 0 amide bonds. The molecule has 78 valence electrons. The minimum absolute atomic E-state index is 0.0124. The number of hydrogen-bond donors (Lipinski definition) is 1. The van der Waals surface area contributed by atoms with E-state index in [9.17, 15) is 8.42 Å². The van der Waals surface area contributed by atoms with Gasteiger partial charge in [-0.25, -0.2) is 13.1 Å². The Morgan fingerprint density at radius 2 is 1.71 bits per heavy atom. The summed E-state index contributed by atoms with van der Waals surface area (Å²) in [4.78, 5) is 0. The second kappa shape index (κ2) is 4.74. The number of sulfonamides is 1. The molecule has 0 radical (unpaired) electrons. The molecule has 0 heterocycles. The Labute approximate surface area is 100 Å². The van der Waals surface area contributed by atoms with Crippen LogP contribution in [0.3, 0.4) is 0 Å². The predicted molar refractivity (Wildman–Crippen MR) is 63.5 cm³/mol. The van der Waals surface area contributed by atoms with Crippen molar-refractivity contribution >= 4 is 41.9 Å². The summed E-state index contributed by atoms with van der Waals surface area (Å²) in [6, 6.07) is 5.41. The van der Waals surface area contributed by atoms with Crippen molar-refractivity contribution < 1.29 is 8.42 Å². The van der Waals surface area contributed by atoms with Crippen LogP contribution in [0.15, 0.2) is 27.1 Å². The third-order valence-corrected chi connectivity index (χ3v) is 3.84. The van der Waals surface area contributed by atoms with Crippen molar-refractivity contribution in [1.82, 2.24) is 4.72 Å². The van der Waals surface area contributed by atoms with Crippen LogP contribution in [0.5, 0.6) is 0 Å². The Balaban J connectivity index is 2.98. The van der Waals surface area contributed by atoms with Gasteiger partial charge in [-0.05, 0) is 30.8 Å². The van der Waals surface area contributed by atoms with E-state index in [1.54, 1.807) is 12.1 Å². The molecule has 0 fully saturated rings. The van der Waals surface area contributed by atoms with Crippen molar-refractivity contribution in [3.63, 3.8) is 0 Å². The Kier molecular flexibility index (Phi) is 4.12. The lowest BCUT2D eigenvalue weighted by Crippen LogP contribution is -2.20. The normalized spacial score (nSPS) is 11.6. The standard InChI is InChI=1S/C8H9Br2NO2S/c1-11-14(12,13)5-6-2-7(9)4-8(10)3-6/h2-4,11H,5H2,1H3. The third kappa shape index (κ3) is 3.68. The summed E-state index contributed by atoms with van der Waals surface area (Å²) in [5.74, 6) is -0.0124. The first-order chi connectivity index (χ1) is 6.43. The highest BCUT2D eigenvalue weighted by Crippen LogP contribution is 2.21. The van der Waals surface area contributed by atoms with Gasteiger partial charge in [-0.3, -0.25) is 0 Å². The van der Waals surface area contributed by atoms with Crippen LogP contribution in [-0.4, -0.2) is 15.5 Å². The highest BCUT2D eigenvalue weighted by atomic mass is 79.9. The van der Waals surface area contributed by atoms with Gasteiger partial charge in [0.15, 0.2) is 0 Å². The van der Waals surface area contributed by atoms with E-state index < -0.39 is 10.0 Å². The van der Waals surface area contributed by atoms with Crippen molar-refractivity contribution in [2.75, 3.05) is 7.05 Å². The lowest BCUT2D eigenvalue weighted by atomic mass is 10.2. The van der Waals surface area contributed by atoms with Crippen LogP contribution in [0.1, 0.15) is 5.56 Å². The fourth-order valence-electron chi connectivity index (χ4n) is 0.986. The molecule has 6 heteroatoms. The zero-order valence-corrected chi connectivity index (χ0v) is 11.4. The summed E-state index contributed by atoms with van der Waals surface area (Å²) in [7, 11) is -1.79. The van der Waals surface area contributed by atoms with E-state index >= 15 is 0 Å². The van der Waals surface area contributed by atoms with Crippen molar-refractivity contribution in [3.8, 4) is 0 Å². The molecule has 0 bridgehead atoms. The largest absolute Gasteiger partial charge is 0.218 e. The highest BCUT2D eigenvalue weighted by molar-refractivity contribution is 9.11. The van der Waals surface area contributed by atoms with E-state index in [1.807, 2.05) is 6.07 Å². The maximum Gasteiger partial charge on any atom is 0.215 e. The minimum atomic E-state index is -3.20. The average Bonchev–Trinajstić information content (AvgIpc) is 2.01. The molecular weight excluding hydrogens is 334 g/mol. The fraction of sp³-hybridized carbons (Fsp3) is 0.250. The van der Waals surface area contributed by atoms with Crippen molar-refractivity contribution in [2.24, 2.45) is 0 Å². The monoisotopic (exact) mass is 341 g/mol. The van der Waals surface area contributed by atoms with Crippen LogP contribution in [0.2, 0.25) is 0 Å². The molecule has 14 heavy (non-hydrogen) atoms. The topological polar surface area (TPSA) is 46.2 Å². The van der Waals surface area contributed by atoms with Gasteiger partial charge in [0.1, 0.15) is 0 Å². The van der Waals surface area contributed by atoms with Gasteiger partial charge in [0.25, 0.3) is 0 Å². The van der Waals surface area contributed by atoms with Gasteiger partial charge in [-0.2, -0.15) is 0 Å². The van der Waals surface area contributed by atoms with E-state index in [4.69, 9.17) is 0 Å². The second-order valence-electron chi connectivity index (χ2n) is 2.74. The summed E-state index contributed by atoms with van der Waals surface area (Å²) >= 11 is 6.59. The van der Waals surface area contributed by atoms with E-state index in [1.165, 1.54) is 7.05 Å². The number of rotatable bonds is 3. The fourth-order valence-corrected chi connectivity index (χ4v) is 3.12. The first-order valence-corrected chi connectivity index (χ1v) is 7.03. The molecule has 1 aromatic rings. The van der Waals surface area contributed by atoms with Gasteiger partial charge >= 0.3 is 0 Å². The lowest BCUT2D eigenvalue weighted by molar-refractivity contribution is 0.587. The van der Waals surface area contributed by atoms with Gasteiger partial charge < -0.3 is 0 Å². The molecule has 1 N–H and O–H groups in total. The molecule has 0 spiro atoms. The maximum absolute atomic E-state index is 11.2. The van der Waals surface area contributed by atoms with Gasteiger partial charge in [0, 0.05) is 8.95 Å². The number of benzene rings is 1. The molecule has 0 atom stereocenters. The molecule has 0 unspecified atom stereocenters. The van der Waals surface area contributed by atoms with E-state index in [-0.39, 0.29) is 5.75 Å². The first kappa shape index (κ1) is 12.2. The van der Waals surface area contributed by atoms with Crippen molar-refractivity contribution in [3.05, 3.63) is 32.7 Å². The molecular formula is C8H9Br2NO2S. The third-order valence-electron chi connectivity index (χ3n) is 1.59. The summed E-state index contributed by atoms with van der Waals surface area (Å²) in [6.07, 6.45) is 0. The minimum Gasteiger partial charge on any atom is -0.218 e. The van der Waals surface area contributed by atoms with Crippen LogP contribution in [0.25, 0.3) is 0 Å². The Bertz CT molecular complexity index is 411. The number of nitrogens with one attached hydrogen (secondary N) is 1. The molecule has 0 aromatic heterocycles. The molecule has 0 saturated carbocycles. The maximum atomic E-state index is 11.2. The van der Waals surface area contributed by atoms with Gasteiger partial charge in [-0.1, -0.05) is 31.9 Å². The van der Waals surface area contributed by atoms with Gasteiger partial charge in [0.05, 0.1) is 5.75 Å². The molecule has 0 aliphatic carbocycles. The highest BCUT2D eigenvalue weighted by Gasteiger charge is 2.09. The first-order valence-electron chi connectivity index (χ1n) is 3.79. The molecule has 0 saturated heterocycles. The van der Waals surface area contributed by atoms with E-state index in [0.29, 0.717) is 0 Å². The SMILES string of the molecule is CNS(=O)(=O)Cc1cc(Br)cc(Br)c1. The van der Waals surface area contributed by atoms with Gasteiger partial charge in [-0.15, -0.1) is 0 Å². The van der Waals surface area contributed by atoms with Gasteiger partial charge in [0.2, 0.25) is 10.0 Å². The Morgan fingerprint density at radius 1 is 1.21 bits per heavy atom. The Hall–Kier alpha value is 0.0900. The average molecular weight is 343 g/mol. The summed E-state index contributed by atoms with van der Waals surface area (Å²) < 4.78 is 26.5. The smallest absolute Gasteiger partial charge is 0.215 e. The molecule has 1 aromatic carbocycles. The zero-order valence-electron chi connectivity index (χ0n) is 7.42. The molecule has 1 rings (SSSR count). The molecule has 0 aliphatic heterocycles. The number of halogens is 2. The predicted octanol–water partition coefficient (Wildman–Crippen LogP) is 2.26. The zero-order chi connectivity index (χ0) is 10.8. The Morgan fingerprint density at radius 3 is 2.14 bits per heavy atom. The second-order valence-corrected chi connectivity index (χ2v) is 6.50. The van der Waals surface area contributed by atoms with E-state index in [0.717, 1.165) is 14.5 Å². The van der Waals surface area contributed by atoms with Crippen LogP contribution in [0, 0.1) is 0 Å². The van der Waals surface area contributed by atoms with Crippen molar-refractivity contribution in [2.45, 2.75) is 5.75 Å². The van der Waals surface area contributed by atoms with Crippen LogP contribution in [-0.2, 0) is 15.8 Å². The lowest BCUT2D eigenvalue weighted by Gasteiger charge is -2.03. The summed E-state index contributed by atoms with van der Waals surface area (Å²) in [5.41, 5.74) is 0.737. The summed E-state index contributed by atoms with van der Waals surface area (Å²) in [5, 5.41) is 0. The molecule has 0 aliphatic rings. The van der Waals surface area contributed by atoms with Crippen LogP contribution < -0.4 is 4.72 Å². The summed E-state index contributed by atoms with van der Waals surface area (Å²) in [6.45, 7) is 0.